The predicted octanol–water partition coefficient (Wildman–Crippen LogP) is 4.44. The molecule has 42 heavy (non-hydrogen) atoms. The molecule has 6 nitrogen and oxygen atoms in total. The number of carboxylic acids is 2. The Morgan fingerprint density at radius 1 is 0.548 bits per heavy atom. The van der Waals surface area contributed by atoms with Crippen molar-refractivity contribution < 1.29 is 55.3 Å². The van der Waals surface area contributed by atoms with Gasteiger partial charge in [0.05, 0.1) is 0 Å². The first-order valence-corrected chi connectivity index (χ1v) is 14.2. The quantitative estimate of drug-likeness (QED) is 0.232. The van der Waals surface area contributed by atoms with Crippen LogP contribution in [-0.4, -0.2) is 72.1 Å². The summed E-state index contributed by atoms with van der Waals surface area (Å²) in [5, 5.41) is 17.6. The van der Waals surface area contributed by atoms with Crippen LogP contribution >= 0.6 is 0 Å². The highest BCUT2D eigenvalue weighted by atomic mass is 19.4. The van der Waals surface area contributed by atoms with Crippen LogP contribution < -0.4 is 10.2 Å². The third kappa shape index (κ3) is 18.3. The van der Waals surface area contributed by atoms with E-state index in [0.717, 1.165) is 0 Å². The van der Waals surface area contributed by atoms with Crippen molar-refractivity contribution in [2.75, 3.05) is 26.2 Å². The van der Waals surface area contributed by atoms with Crippen molar-refractivity contribution in [2.45, 2.75) is 89.4 Å². The first-order valence-electron chi connectivity index (χ1n) is 14.2. The molecule has 0 amide bonds. The van der Waals surface area contributed by atoms with Gasteiger partial charge in [-0.2, -0.15) is 26.3 Å². The Hall–Kier alpha value is -3.18. The molecule has 0 saturated heterocycles. The lowest BCUT2D eigenvalue weighted by Gasteiger charge is -2.10. The summed E-state index contributed by atoms with van der Waals surface area (Å²) in [6.45, 7) is 4.85. The molecule has 0 N–H and O–H groups in total. The molecule has 12 heteroatoms. The van der Waals surface area contributed by atoms with Gasteiger partial charge in [-0.1, -0.05) is 36.5 Å². The summed E-state index contributed by atoms with van der Waals surface area (Å²) in [6.07, 6.45) is 23.9. The first-order chi connectivity index (χ1) is 19.8. The van der Waals surface area contributed by atoms with Gasteiger partial charge in [-0.15, -0.1) is 0 Å². The fourth-order valence-electron chi connectivity index (χ4n) is 4.35. The first kappa shape index (κ1) is 36.8. The van der Waals surface area contributed by atoms with Crippen LogP contribution in [0.5, 0.6) is 0 Å². The zero-order valence-corrected chi connectivity index (χ0v) is 23.7. The zero-order chi connectivity index (χ0) is 31.4. The maximum atomic E-state index is 10.5. The molecule has 3 aliphatic heterocycles. The Bertz CT molecular complexity index is 955. The molecule has 0 fully saturated rings. The normalized spacial score (nSPS) is 20.9. The van der Waals surface area contributed by atoms with Crippen molar-refractivity contribution in [1.29, 1.82) is 0 Å². The minimum Gasteiger partial charge on any atom is -0.542 e. The van der Waals surface area contributed by atoms with Crippen LogP contribution in [0.4, 0.5) is 26.3 Å². The summed E-state index contributed by atoms with van der Waals surface area (Å²) in [5.74, 6) is -6.01. The van der Waals surface area contributed by atoms with E-state index < -0.39 is 24.3 Å². The van der Waals surface area contributed by atoms with Crippen LogP contribution in [0.3, 0.4) is 0 Å². The smallest absolute Gasteiger partial charge is 0.430 e. The van der Waals surface area contributed by atoms with Crippen molar-refractivity contribution in [1.82, 2.24) is 0 Å². The summed E-state index contributed by atoms with van der Waals surface area (Å²) in [5.41, 5.74) is 3.09. The number of halogens is 6. The SMILES string of the molecule is C1=C2C=[N+](CC1)CCCC/C=C\CCC1=CCC[N+](=C1)CCCC/C=C\CC2.O=C([O-])C(F)(F)F.O=C([O-])C(F)(F)F. The minimum atomic E-state index is -5.19. The van der Waals surface area contributed by atoms with E-state index in [0.29, 0.717) is 0 Å². The molecule has 0 aromatic heterocycles. The van der Waals surface area contributed by atoms with E-state index in [2.05, 4.69) is 58.0 Å². The molecule has 0 aliphatic carbocycles. The molecule has 0 spiro atoms. The highest BCUT2D eigenvalue weighted by Gasteiger charge is 2.29. The molecule has 0 atom stereocenters. The van der Waals surface area contributed by atoms with Gasteiger partial charge in [0.2, 0.25) is 0 Å². The number of rotatable bonds is 0. The van der Waals surface area contributed by atoms with Crippen molar-refractivity contribution >= 4 is 24.4 Å². The number of carbonyl (C=O) groups is 2. The molecular weight excluding hydrogens is 566 g/mol. The Balaban J connectivity index is 0.000000522. The van der Waals surface area contributed by atoms with Crippen LogP contribution in [0.1, 0.15) is 77.0 Å². The van der Waals surface area contributed by atoms with Gasteiger partial charge in [-0.05, 0) is 51.4 Å². The molecule has 0 radical (unpaired) electrons. The number of aliphatic carboxylic acids is 2. The maximum absolute atomic E-state index is 10.5. The summed E-state index contributed by atoms with van der Waals surface area (Å²) in [6, 6.07) is 0. The third-order valence-corrected chi connectivity index (χ3v) is 6.47. The van der Waals surface area contributed by atoms with E-state index in [4.69, 9.17) is 19.8 Å². The van der Waals surface area contributed by atoms with Gasteiger partial charge in [-0.3, -0.25) is 0 Å². The molecule has 0 unspecified atom stereocenters. The van der Waals surface area contributed by atoms with Gasteiger partial charge >= 0.3 is 12.4 Å². The highest BCUT2D eigenvalue weighted by molar-refractivity contribution is 5.75. The van der Waals surface area contributed by atoms with Crippen LogP contribution in [0.25, 0.3) is 0 Å². The summed E-state index contributed by atoms with van der Waals surface area (Å²) >= 11 is 0. The number of fused-ring (bicyclic) bond motifs is 2. The molecule has 3 rings (SSSR count). The second-order valence-electron chi connectivity index (χ2n) is 10.0. The summed E-state index contributed by atoms with van der Waals surface area (Å²) in [4.78, 5) is 17.6. The van der Waals surface area contributed by atoms with E-state index in [9.17, 15) is 26.3 Å². The predicted molar refractivity (Wildman–Crippen MR) is 144 cm³/mol. The lowest BCUT2D eigenvalue weighted by molar-refractivity contribution is -0.524. The van der Waals surface area contributed by atoms with Gasteiger partial charge in [0, 0.05) is 36.8 Å². The van der Waals surface area contributed by atoms with Gasteiger partial charge in [-0.25, -0.2) is 9.15 Å². The average molecular weight is 607 g/mol. The Kier molecular flexibility index (Phi) is 17.4. The fraction of sp³-hybridized carbons (Fsp3) is 0.600. The lowest BCUT2D eigenvalue weighted by Crippen LogP contribution is -2.37. The molecule has 0 aromatic rings. The van der Waals surface area contributed by atoms with E-state index in [-0.39, 0.29) is 0 Å². The van der Waals surface area contributed by atoms with Gasteiger partial charge in [0.1, 0.15) is 38.1 Å². The standard InChI is InChI=1S/C26H40N2.2C2HF3O2/c1-3-7-11-19-27-21-14-18-26(24-27)16-10-6-2-4-8-12-20-28-22-13-17-25(23-28)15-9-5-1;2*3-2(4,5)1(6)7/h1-2,5-6,17-18,23-24H,3-4,7-16,19-22H2;2*(H,6,7)/q+2;;/p-2/b5-1-,6-2-;;. The maximum Gasteiger partial charge on any atom is 0.430 e. The number of hydrogen-bond donors (Lipinski definition) is 0. The lowest BCUT2D eigenvalue weighted by atomic mass is 10.1. The van der Waals surface area contributed by atoms with Gasteiger partial charge in [0.25, 0.3) is 0 Å². The van der Waals surface area contributed by atoms with E-state index in [1.807, 2.05) is 0 Å². The molecular formula is C30H40F6N2O4. The summed E-state index contributed by atoms with van der Waals surface area (Å²) < 4.78 is 68.2. The van der Waals surface area contributed by atoms with Crippen molar-refractivity contribution in [2.24, 2.45) is 0 Å². The van der Waals surface area contributed by atoms with Crippen LogP contribution in [-0.2, 0) is 9.59 Å². The Morgan fingerprint density at radius 2 is 0.881 bits per heavy atom. The van der Waals surface area contributed by atoms with Crippen LogP contribution in [0.2, 0.25) is 0 Å². The summed E-state index contributed by atoms with van der Waals surface area (Å²) in [7, 11) is 0. The number of carboxylic acid groups (broad SMARTS) is 2. The third-order valence-electron chi connectivity index (χ3n) is 6.47. The zero-order valence-electron chi connectivity index (χ0n) is 23.7. The Morgan fingerprint density at radius 3 is 1.21 bits per heavy atom. The Labute approximate surface area is 243 Å². The molecule has 0 saturated carbocycles. The van der Waals surface area contributed by atoms with Gasteiger partial charge in [0.15, 0.2) is 12.4 Å². The molecule has 4 bridgehead atoms. The van der Waals surface area contributed by atoms with Crippen LogP contribution in [0, 0.1) is 0 Å². The van der Waals surface area contributed by atoms with E-state index >= 15 is 0 Å². The highest BCUT2D eigenvalue weighted by Crippen LogP contribution is 2.14. The molecule has 3 heterocycles. The topological polar surface area (TPSA) is 86.3 Å². The van der Waals surface area contributed by atoms with E-state index in [1.165, 1.54) is 103 Å². The van der Waals surface area contributed by atoms with Crippen molar-refractivity contribution in [3.8, 4) is 0 Å². The van der Waals surface area contributed by atoms with E-state index in [1.54, 1.807) is 11.1 Å². The second-order valence-corrected chi connectivity index (χ2v) is 10.0. The molecule has 3 aliphatic rings. The van der Waals surface area contributed by atoms with Crippen LogP contribution in [0.15, 0.2) is 47.6 Å². The largest absolute Gasteiger partial charge is 0.542 e. The van der Waals surface area contributed by atoms with Gasteiger partial charge < -0.3 is 19.8 Å². The average Bonchev–Trinajstić information content (AvgIpc) is 2.91. The minimum absolute atomic E-state index is 1.19. The fourth-order valence-corrected chi connectivity index (χ4v) is 4.35. The number of carbonyl (C=O) groups excluding carboxylic acids is 2. The molecule has 236 valence electrons. The van der Waals surface area contributed by atoms with Crippen molar-refractivity contribution in [3.63, 3.8) is 0 Å². The second kappa shape index (κ2) is 19.9. The monoisotopic (exact) mass is 606 g/mol. The number of nitrogens with zero attached hydrogens (tertiary/aromatic N) is 2. The number of alkyl halides is 6. The number of allylic oxidation sites excluding steroid dienone is 6. The number of hydrogen-bond acceptors (Lipinski definition) is 4. The van der Waals surface area contributed by atoms with Crippen molar-refractivity contribution in [3.05, 3.63) is 47.6 Å². The molecule has 0 aromatic carbocycles.